The Morgan fingerprint density at radius 2 is 2.19 bits per heavy atom. The zero-order valence-corrected chi connectivity index (χ0v) is 9.04. The molecule has 82 valence electrons. The molecule has 0 aliphatic rings. The molecule has 0 radical (unpaired) electrons. The molecule has 16 heavy (non-hydrogen) atoms. The van der Waals surface area contributed by atoms with E-state index in [1.54, 1.807) is 18.6 Å². The molecule has 0 aliphatic carbocycles. The molecular formula is C11H13N5. The average Bonchev–Trinajstić information content (AvgIpc) is 2.39. The smallest absolute Gasteiger partial charge is 0.144 e. The first kappa shape index (κ1) is 10.5. The van der Waals surface area contributed by atoms with Crippen molar-refractivity contribution in [2.24, 2.45) is 5.73 Å². The fourth-order valence-electron chi connectivity index (χ4n) is 1.36. The first-order chi connectivity index (χ1) is 7.81. The van der Waals surface area contributed by atoms with Gasteiger partial charge in [0, 0.05) is 19.4 Å². The lowest BCUT2D eigenvalue weighted by molar-refractivity contribution is 0.898. The standard InChI is InChI=1S/C11H13N5/c1-16(9-3-2-5-13-8-9)11-4-6-14-10(7-12)15-11/h2-6,8H,7,12H2,1H3. The van der Waals surface area contributed by atoms with E-state index in [2.05, 4.69) is 15.0 Å². The minimum atomic E-state index is 0.342. The molecule has 2 aromatic rings. The molecule has 2 heterocycles. The highest BCUT2D eigenvalue weighted by molar-refractivity contribution is 5.57. The van der Waals surface area contributed by atoms with Gasteiger partial charge in [-0.25, -0.2) is 9.97 Å². The van der Waals surface area contributed by atoms with Crippen LogP contribution in [0.5, 0.6) is 0 Å². The van der Waals surface area contributed by atoms with Crippen molar-refractivity contribution in [2.75, 3.05) is 11.9 Å². The van der Waals surface area contributed by atoms with Crippen LogP contribution in [0.3, 0.4) is 0 Å². The second-order valence-electron chi connectivity index (χ2n) is 3.31. The van der Waals surface area contributed by atoms with E-state index in [0.29, 0.717) is 12.4 Å². The van der Waals surface area contributed by atoms with Gasteiger partial charge in [-0.3, -0.25) is 4.98 Å². The number of hydrogen-bond acceptors (Lipinski definition) is 5. The number of pyridine rings is 1. The summed E-state index contributed by atoms with van der Waals surface area (Å²) in [5.74, 6) is 1.44. The highest BCUT2D eigenvalue weighted by Gasteiger charge is 2.05. The van der Waals surface area contributed by atoms with Gasteiger partial charge in [0.1, 0.15) is 11.6 Å². The highest BCUT2D eigenvalue weighted by Crippen LogP contribution is 2.19. The number of hydrogen-bond donors (Lipinski definition) is 1. The third-order valence-electron chi connectivity index (χ3n) is 2.25. The summed E-state index contributed by atoms with van der Waals surface area (Å²) in [5, 5.41) is 0. The summed E-state index contributed by atoms with van der Waals surface area (Å²) in [6.07, 6.45) is 5.23. The van der Waals surface area contributed by atoms with Gasteiger partial charge in [-0.05, 0) is 18.2 Å². The van der Waals surface area contributed by atoms with Gasteiger partial charge in [0.2, 0.25) is 0 Å². The van der Waals surface area contributed by atoms with E-state index in [1.165, 1.54) is 0 Å². The Morgan fingerprint density at radius 3 is 2.88 bits per heavy atom. The van der Waals surface area contributed by atoms with Gasteiger partial charge in [-0.15, -0.1) is 0 Å². The van der Waals surface area contributed by atoms with Crippen LogP contribution in [0, 0.1) is 0 Å². The van der Waals surface area contributed by atoms with Crippen LogP contribution in [0.1, 0.15) is 5.82 Å². The van der Waals surface area contributed by atoms with E-state index in [0.717, 1.165) is 11.5 Å². The molecule has 2 aromatic heterocycles. The third kappa shape index (κ3) is 2.14. The lowest BCUT2D eigenvalue weighted by Crippen LogP contribution is -2.13. The Bertz CT molecular complexity index is 457. The quantitative estimate of drug-likeness (QED) is 0.830. The second kappa shape index (κ2) is 4.67. The predicted octanol–water partition coefficient (Wildman–Crippen LogP) is 1.10. The number of nitrogens with zero attached hydrogens (tertiary/aromatic N) is 4. The molecule has 0 amide bonds. The summed E-state index contributed by atoms with van der Waals surface area (Å²) in [6, 6.07) is 5.69. The van der Waals surface area contributed by atoms with Gasteiger partial charge >= 0.3 is 0 Å². The fourth-order valence-corrected chi connectivity index (χ4v) is 1.36. The summed E-state index contributed by atoms with van der Waals surface area (Å²) in [5.41, 5.74) is 6.48. The van der Waals surface area contributed by atoms with E-state index in [-0.39, 0.29) is 0 Å². The van der Waals surface area contributed by atoms with Gasteiger partial charge in [-0.1, -0.05) is 0 Å². The van der Waals surface area contributed by atoms with Crippen molar-refractivity contribution in [1.82, 2.24) is 15.0 Å². The predicted molar refractivity (Wildman–Crippen MR) is 62.2 cm³/mol. The van der Waals surface area contributed by atoms with Crippen molar-refractivity contribution in [3.8, 4) is 0 Å². The van der Waals surface area contributed by atoms with Crippen LogP contribution in [-0.4, -0.2) is 22.0 Å². The molecule has 0 aromatic carbocycles. The molecular weight excluding hydrogens is 202 g/mol. The maximum Gasteiger partial charge on any atom is 0.144 e. The lowest BCUT2D eigenvalue weighted by atomic mass is 10.3. The molecule has 0 unspecified atom stereocenters. The summed E-state index contributed by atoms with van der Waals surface area (Å²) < 4.78 is 0. The Labute approximate surface area is 94.0 Å². The normalized spacial score (nSPS) is 10.1. The minimum absolute atomic E-state index is 0.342. The Morgan fingerprint density at radius 1 is 1.31 bits per heavy atom. The summed E-state index contributed by atoms with van der Waals surface area (Å²) >= 11 is 0. The highest BCUT2D eigenvalue weighted by atomic mass is 15.2. The van der Waals surface area contributed by atoms with Crippen LogP contribution < -0.4 is 10.6 Å². The largest absolute Gasteiger partial charge is 0.328 e. The van der Waals surface area contributed by atoms with Crippen LogP contribution in [0.2, 0.25) is 0 Å². The molecule has 0 saturated carbocycles. The Hall–Kier alpha value is -2.01. The summed E-state index contributed by atoms with van der Waals surface area (Å²) in [7, 11) is 1.93. The first-order valence-electron chi connectivity index (χ1n) is 4.97. The molecule has 5 nitrogen and oxygen atoms in total. The van der Waals surface area contributed by atoms with Gasteiger partial charge in [0.05, 0.1) is 18.4 Å². The lowest BCUT2D eigenvalue weighted by Gasteiger charge is -2.17. The summed E-state index contributed by atoms with van der Waals surface area (Å²) in [4.78, 5) is 14.4. The number of aromatic nitrogens is 3. The second-order valence-corrected chi connectivity index (χ2v) is 3.31. The zero-order valence-electron chi connectivity index (χ0n) is 9.04. The zero-order chi connectivity index (χ0) is 11.4. The van der Waals surface area contributed by atoms with Gasteiger partial charge in [0.25, 0.3) is 0 Å². The van der Waals surface area contributed by atoms with Gasteiger partial charge < -0.3 is 10.6 Å². The van der Waals surface area contributed by atoms with E-state index in [9.17, 15) is 0 Å². The fraction of sp³-hybridized carbons (Fsp3) is 0.182. The molecule has 0 saturated heterocycles. The molecule has 0 bridgehead atoms. The molecule has 2 rings (SSSR count). The van der Waals surface area contributed by atoms with Gasteiger partial charge in [0.15, 0.2) is 0 Å². The summed E-state index contributed by atoms with van der Waals surface area (Å²) in [6.45, 7) is 0.342. The average molecular weight is 215 g/mol. The monoisotopic (exact) mass is 215 g/mol. The van der Waals surface area contributed by atoms with E-state index >= 15 is 0 Å². The first-order valence-corrected chi connectivity index (χ1v) is 4.97. The molecule has 0 aliphatic heterocycles. The third-order valence-corrected chi connectivity index (χ3v) is 2.25. The number of anilines is 2. The van der Waals surface area contributed by atoms with E-state index in [4.69, 9.17) is 5.73 Å². The Kier molecular flexibility index (Phi) is 3.07. The maximum absolute atomic E-state index is 5.50. The van der Waals surface area contributed by atoms with Gasteiger partial charge in [-0.2, -0.15) is 0 Å². The molecule has 0 spiro atoms. The van der Waals surface area contributed by atoms with Crippen molar-refractivity contribution >= 4 is 11.5 Å². The molecule has 2 N–H and O–H groups in total. The van der Waals surface area contributed by atoms with Crippen LogP contribution in [0.4, 0.5) is 11.5 Å². The van der Waals surface area contributed by atoms with Crippen LogP contribution >= 0.6 is 0 Å². The SMILES string of the molecule is CN(c1cccnc1)c1ccnc(CN)n1. The number of nitrogens with two attached hydrogens (primary N) is 1. The van der Waals surface area contributed by atoms with Crippen molar-refractivity contribution in [3.05, 3.63) is 42.6 Å². The van der Waals surface area contributed by atoms with E-state index in [1.807, 2.05) is 30.1 Å². The molecule has 0 fully saturated rings. The van der Waals surface area contributed by atoms with E-state index < -0.39 is 0 Å². The topological polar surface area (TPSA) is 67.9 Å². The Balaban J connectivity index is 2.30. The van der Waals surface area contributed by atoms with Crippen LogP contribution in [-0.2, 0) is 6.54 Å². The van der Waals surface area contributed by atoms with Crippen LogP contribution in [0.25, 0.3) is 0 Å². The minimum Gasteiger partial charge on any atom is -0.328 e. The van der Waals surface area contributed by atoms with Crippen molar-refractivity contribution in [1.29, 1.82) is 0 Å². The van der Waals surface area contributed by atoms with Crippen molar-refractivity contribution in [2.45, 2.75) is 6.54 Å². The maximum atomic E-state index is 5.50. The molecule has 5 heteroatoms. The molecule has 0 atom stereocenters. The van der Waals surface area contributed by atoms with Crippen LogP contribution in [0.15, 0.2) is 36.8 Å². The van der Waals surface area contributed by atoms with Crippen molar-refractivity contribution in [3.63, 3.8) is 0 Å². The number of rotatable bonds is 3. The van der Waals surface area contributed by atoms with Crippen molar-refractivity contribution < 1.29 is 0 Å².